The fourth-order valence-corrected chi connectivity index (χ4v) is 3.09. The summed E-state index contributed by atoms with van der Waals surface area (Å²) in [6, 6.07) is 4.79. The molecule has 0 bridgehead atoms. The number of hydrogen-bond acceptors (Lipinski definition) is 6. The summed E-state index contributed by atoms with van der Waals surface area (Å²) in [5.74, 6) is -3.98. The Labute approximate surface area is 198 Å². The zero-order chi connectivity index (χ0) is 25.8. The first-order valence-electron chi connectivity index (χ1n) is 10.8. The van der Waals surface area contributed by atoms with Crippen molar-refractivity contribution in [2.45, 2.75) is 64.7 Å². The van der Waals surface area contributed by atoms with E-state index < -0.39 is 60.2 Å². The first-order chi connectivity index (χ1) is 15.9. The molecule has 0 heterocycles. The molecule has 0 saturated carbocycles. The first-order valence-corrected chi connectivity index (χ1v) is 10.8. The van der Waals surface area contributed by atoms with Crippen molar-refractivity contribution in [1.82, 2.24) is 21.3 Å². The molecule has 34 heavy (non-hydrogen) atoms. The highest BCUT2D eigenvalue weighted by Crippen LogP contribution is 2.07. The van der Waals surface area contributed by atoms with Crippen molar-refractivity contribution in [2.75, 3.05) is 0 Å². The summed E-state index contributed by atoms with van der Waals surface area (Å²) in [7, 11) is 0. The SMILES string of the molecule is CC(=O)N[C@@H](Cc1ccccc1)C(=O)N[C@H](C(=O)N[C@@H](C)C(=O)NC(C=O)CC(=O)O)C(C)C. The molecule has 0 spiro atoms. The molecule has 0 aliphatic heterocycles. The summed E-state index contributed by atoms with van der Waals surface area (Å²) >= 11 is 0. The maximum atomic E-state index is 12.9. The van der Waals surface area contributed by atoms with Crippen LogP contribution in [0.25, 0.3) is 0 Å². The molecule has 4 atom stereocenters. The molecule has 186 valence electrons. The Morgan fingerprint density at radius 1 is 0.882 bits per heavy atom. The van der Waals surface area contributed by atoms with E-state index in [0.29, 0.717) is 6.29 Å². The van der Waals surface area contributed by atoms with Gasteiger partial charge in [0.05, 0.1) is 12.5 Å². The maximum absolute atomic E-state index is 12.9. The molecule has 5 N–H and O–H groups in total. The zero-order valence-electron chi connectivity index (χ0n) is 19.7. The minimum absolute atomic E-state index is 0.216. The molecule has 1 aromatic rings. The molecule has 11 heteroatoms. The second-order valence-electron chi connectivity index (χ2n) is 8.25. The van der Waals surface area contributed by atoms with Crippen LogP contribution in [-0.2, 0) is 35.2 Å². The number of carbonyl (C=O) groups excluding carboxylic acids is 5. The molecule has 0 saturated heterocycles. The molecule has 1 aromatic carbocycles. The molecule has 0 aromatic heterocycles. The van der Waals surface area contributed by atoms with E-state index in [2.05, 4.69) is 21.3 Å². The van der Waals surface area contributed by atoms with Crippen LogP contribution in [0.4, 0.5) is 0 Å². The summed E-state index contributed by atoms with van der Waals surface area (Å²) in [4.78, 5) is 71.4. The Morgan fingerprint density at radius 2 is 1.50 bits per heavy atom. The fraction of sp³-hybridized carbons (Fsp3) is 0.478. The van der Waals surface area contributed by atoms with E-state index in [1.165, 1.54) is 13.8 Å². The number of amides is 4. The molecule has 11 nitrogen and oxygen atoms in total. The highest BCUT2D eigenvalue weighted by molar-refractivity contribution is 5.94. The summed E-state index contributed by atoms with van der Waals surface area (Å²) in [5, 5.41) is 18.7. The van der Waals surface area contributed by atoms with Crippen LogP contribution >= 0.6 is 0 Å². The monoisotopic (exact) mass is 476 g/mol. The van der Waals surface area contributed by atoms with Gasteiger partial charge in [0, 0.05) is 13.3 Å². The third kappa shape index (κ3) is 9.80. The lowest BCUT2D eigenvalue weighted by molar-refractivity contribution is -0.139. The van der Waals surface area contributed by atoms with Crippen molar-refractivity contribution < 1.29 is 33.9 Å². The Bertz CT molecular complexity index is 889. The number of rotatable bonds is 13. The maximum Gasteiger partial charge on any atom is 0.305 e. The minimum Gasteiger partial charge on any atom is -0.481 e. The summed E-state index contributed by atoms with van der Waals surface area (Å²) < 4.78 is 0. The van der Waals surface area contributed by atoms with Crippen LogP contribution < -0.4 is 21.3 Å². The van der Waals surface area contributed by atoms with Crippen LogP contribution in [0.5, 0.6) is 0 Å². The van der Waals surface area contributed by atoms with Crippen molar-refractivity contribution in [3.63, 3.8) is 0 Å². The number of aliphatic carboxylic acids is 1. The van der Waals surface area contributed by atoms with E-state index in [-0.39, 0.29) is 12.3 Å². The van der Waals surface area contributed by atoms with Gasteiger partial charge in [0.2, 0.25) is 23.6 Å². The second-order valence-corrected chi connectivity index (χ2v) is 8.25. The van der Waals surface area contributed by atoms with E-state index in [1.807, 2.05) is 18.2 Å². The van der Waals surface area contributed by atoms with Crippen molar-refractivity contribution in [3.05, 3.63) is 35.9 Å². The Morgan fingerprint density at radius 3 is 2.00 bits per heavy atom. The van der Waals surface area contributed by atoms with Crippen LogP contribution in [-0.4, -0.2) is 65.2 Å². The molecule has 0 fully saturated rings. The quantitative estimate of drug-likeness (QED) is 0.240. The first kappa shape index (κ1) is 28.3. The van der Waals surface area contributed by atoms with Crippen LogP contribution in [0, 0.1) is 5.92 Å². The van der Waals surface area contributed by atoms with Gasteiger partial charge < -0.3 is 31.2 Å². The van der Waals surface area contributed by atoms with Gasteiger partial charge in [-0.2, -0.15) is 0 Å². The topological polar surface area (TPSA) is 171 Å². The van der Waals surface area contributed by atoms with Crippen LogP contribution in [0.15, 0.2) is 30.3 Å². The van der Waals surface area contributed by atoms with E-state index in [1.54, 1.807) is 26.0 Å². The van der Waals surface area contributed by atoms with Gasteiger partial charge in [0.15, 0.2) is 0 Å². The van der Waals surface area contributed by atoms with Crippen molar-refractivity contribution in [1.29, 1.82) is 0 Å². The van der Waals surface area contributed by atoms with E-state index in [4.69, 9.17) is 5.11 Å². The van der Waals surface area contributed by atoms with Crippen LogP contribution in [0.1, 0.15) is 39.7 Å². The third-order valence-corrected chi connectivity index (χ3v) is 4.86. The Hall–Kier alpha value is -3.76. The lowest BCUT2D eigenvalue weighted by atomic mass is 10.0. The molecule has 1 rings (SSSR count). The van der Waals surface area contributed by atoms with Gasteiger partial charge >= 0.3 is 5.97 Å². The number of nitrogens with one attached hydrogen (secondary N) is 4. The van der Waals surface area contributed by atoms with E-state index in [9.17, 15) is 28.8 Å². The Kier molecular flexibility index (Phi) is 11.4. The van der Waals surface area contributed by atoms with E-state index >= 15 is 0 Å². The molecule has 0 aliphatic rings. The summed E-state index contributed by atoms with van der Waals surface area (Å²) in [5.41, 5.74) is 0.818. The van der Waals surface area contributed by atoms with Gasteiger partial charge in [0.25, 0.3) is 0 Å². The van der Waals surface area contributed by atoms with Gasteiger partial charge in [-0.3, -0.25) is 24.0 Å². The summed E-state index contributed by atoms with van der Waals surface area (Å²) in [6.07, 6.45) is -0.0761. The minimum atomic E-state index is -1.26. The number of carboxylic acid groups (broad SMARTS) is 1. The number of carbonyl (C=O) groups is 6. The third-order valence-electron chi connectivity index (χ3n) is 4.86. The second kappa shape index (κ2) is 13.7. The molecule has 0 aliphatic carbocycles. The number of benzene rings is 1. The Balaban J connectivity index is 2.86. The molecular weight excluding hydrogens is 444 g/mol. The largest absolute Gasteiger partial charge is 0.481 e. The van der Waals surface area contributed by atoms with Gasteiger partial charge in [-0.05, 0) is 18.4 Å². The fourth-order valence-electron chi connectivity index (χ4n) is 3.09. The van der Waals surface area contributed by atoms with Gasteiger partial charge in [0.1, 0.15) is 24.4 Å². The molecule has 4 amide bonds. The lowest BCUT2D eigenvalue weighted by Crippen LogP contribution is -2.58. The zero-order valence-corrected chi connectivity index (χ0v) is 19.7. The highest BCUT2D eigenvalue weighted by Gasteiger charge is 2.30. The van der Waals surface area contributed by atoms with Crippen LogP contribution in [0.2, 0.25) is 0 Å². The average molecular weight is 477 g/mol. The predicted octanol–water partition coefficient (Wildman–Crippen LogP) is -0.462. The molecule has 0 radical (unpaired) electrons. The van der Waals surface area contributed by atoms with Gasteiger partial charge in [-0.1, -0.05) is 44.2 Å². The number of hydrogen-bond donors (Lipinski definition) is 5. The highest BCUT2D eigenvalue weighted by atomic mass is 16.4. The average Bonchev–Trinajstić information content (AvgIpc) is 2.75. The summed E-state index contributed by atoms with van der Waals surface area (Å²) in [6.45, 7) is 6.06. The van der Waals surface area contributed by atoms with Crippen molar-refractivity contribution >= 4 is 35.9 Å². The standard InChI is InChI=1S/C23H32N4O7/c1-13(2)20(23(34)24-14(3)21(32)26-17(12-28)11-19(30)31)27-22(33)18(25-15(4)29)10-16-8-6-5-7-9-16/h5-9,12-14,17-18,20H,10-11H2,1-4H3,(H,24,34)(H,25,29)(H,26,32)(H,27,33)(H,30,31)/t14-,17?,18-,20-/m0/s1. The van der Waals surface area contributed by atoms with Crippen molar-refractivity contribution in [3.8, 4) is 0 Å². The predicted molar refractivity (Wildman–Crippen MR) is 122 cm³/mol. The van der Waals surface area contributed by atoms with Crippen molar-refractivity contribution in [2.24, 2.45) is 5.92 Å². The van der Waals surface area contributed by atoms with E-state index in [0.717, 1.165) is 5.56 Å². The number of carboxylic acids is 1. The van der Waals surface area contributed by atoms with Crippen LogP contribution in [0.3, 0.4) is 0 Å². The number of aldehydes is 1. The van der Waals surface area contributed by atoms with Gasteiger partial charge in [-0.15, -0.1) is 0 Å². The lowest BCUT2D eigenvalue weighted by Gasteiger charge is -2.26. The normalized spacial score (nSPS) is 14.1. The molecular formula is C23H32N4O7. The smallest absolute Gasteiger partial charge is 0.305 e. The van der Waals surface area contributed by atoms with Gasteiger partial charge in [-0.25, -0.2) is 0 Å². The molecule has 1 unspecified atom stereocenters.